The molecule has 6 aromatic rings. The van der Waals surface area contributed by atoms with Crippen LogP contribution in [0.1, 0.15) is 33.4 Å². The number of hydrogen-bond acceptors (Lipinski definition) is 2. The summed E-state index contributed by atoms with van der Waals surface area (Å²) >= 11 is 0. The second kappa shape index (κ2) is 12.2. The van der Waals surface area contributed by atoms with Crippen molar-refractivity contribution in [3.05, 3.63) is 185 Å². The lowest BCUT2D eigenvalue weighted by atomic mass is 9.88. The minimum Gasteiger partial charge on any atom is -0.497 e. The van der Waals surface area contributed by atoms with E-state index in [1.165, 1.54) is 0 Å². The quantitative estimate of drug-likeness (QED) is 0.184. The first-order chi connectivity index (χ1) is 20.3. The van der Waals surface area contributed by atoms with E-state index in [2.05, 4.69) is 121 Å². The highest BCUT2D eigenvalue weighted by Gasteiger charge is 2.21. The first-order valence-electron chi connectivity index (χ1n) is 13.7. The molecule has 0 fully saturated rings. The summed E-state index contributed by atoms with van der Waals surface area (Å²) in [7, 11) is 1.72. The Labute approximate surface area is 241 Å². The molecule has 0 radical (unpaired) electrons. The molecular weight excluding hydrogens is 500 g/mol. The molecule has 0 aliphatic rings. The standard InChI is InChI=1S/C38H30N2O/c1-41-33-27-36(34(31-19-10-4-11-20-31)25-29-15-6-2-7-16-29)38(40-24-14-23-39-40)37(28-33)35(32-21-12-5-13-22-32)26-30-17-8-3-9-18-30/h2-28H,1H3/b34-25+,35-26+. The molecule has 5 aromatic carbocycles. The van der Waals surface area contributed by atoms with E-state index < -0.39 is 0 Å². The molecule has 3 nitrogen and oxygen atoms in total. The Hall–Kier alpha value is -5.41. The number of benzene rings is 5. The van der Waals surface area contributed by atoms with Crippen molar-refractivity contribution in [2.24, 2.45) is 0 Å². The Bertz CT molecular complexity index is 1660. The molecule has 0 aliphatic heterocycles. The third-order valence-electron chi connectivity index (χ3n) is 7.02. The molecule has 0 spiro atoms. The minimum absolute atomic E-state index is 0.774. The van der Waals surface area contributed by atoms with Crippen LogP contribution < -0.4 is 4.74 Å². The Kier molecular flexibility index (Phi) is 7.68. The predicted octanol–water partition coefficient (Wildman–Crippen LogP) is 9.06. The Morgan fingerprint density at radius 1 is 0.585 bits per heavy atom. The van der Waals surface area contributed by atoms with Gasteiger partial charge in [0, 0.05) is 23.5 Å². The number of ether oxygens (including phenoxy) is 1. The predicted molar refractivity (Wildman–Crippen MR) is 170 cm³/mol. The molecule has 41 heavy (non-hydrogen) atoms. The van der Waals surface area contributed by atoms with Gasteiger partial charge in [0.15, 0.2) is 0 Å². The maximum absolute atomic E-state index is 5.96. The zero-order valence-electron chi connectivity index (χ0n) is 22.9. The van der Waals surface area contributed by atoms with Crippen LogP contribution in [0.25, 0.3) is 29.0 Å². The molecule has 198 valence electrons. The zero-order chi connectivity index (χ0) is 27.9. The number of aromatic nitrogens is 2. The first kappa shape index (κ1) is 25.8. The molecule has 0 saturated heterocycles. The van der Waals surface area contributed by atoms with Crippen molar-refractivity contribution in [3.8, 4) is 11.4 Å². The van der Waals surface area contributed by atoms with E-state index in [0.29, 0.717) is 0 Å². The molecular formula is C38H30N2O. The van der Waals surface area contributed by atoms with Gasteiger partial charge in [-0.25, -0.2) is 4.68 Å². The van der Waals surface area contributed by atoms with Gasteiger partial charge < -0.3 is 4.74 Å². The molecule has 0 aliphatic carbocycles. The molecule has 0 saturated carbocycles. The average Bonchev–Trinajstić information content (AvgIpc) is 3.58. The summed E-state index contributed by atoms with van der Waals surface area (Å²) in [6.07, 6.45) is 8.31. The summed E-state index contributed by atoms with van der Waals surface area (Å²) < 4.78 is 7.92. The van der Waals surface area contributed by atoms with Gasteiger partial charge in [-0.2, -0.15) is 5.10 Å². The smallest absolute Gasteiger partial charge is 0.120 e. The van der Waals surface area contributed by atoms with Crippen molar-refractivity contribution in [3.63, 3.8) is 0 Å². The second-order valence-electron chi connectivity index (χ2n) is 9.69. The Morgan fingerprint density at radius 2 is 1.02 bits per heavy atom. The lowest BCUT2D eigenvalue weighted by Gasteiger charge is -2.22. The Morgan fingerprint density at radius 3 is 1.41 bits per heavy atom. The fraction of sp³-hybridized carbons (Fsp3) is 0.0263. The van der Waals surface area contributed by atoms with E-state index >= 15 is 0 Å². The van der Waals surface area contributed by atoms with Gasteiger partial charge in [-0.3, -0.25) is 0 Å². The highest BCUT2D eigenvalue weighted by Crippen LogP contribution is 2.40. The van der Waals surface area contributed by atoms with Crippen molar-refractivity contribution in [1.29, 1.82) is 0 Å². The fourth-order valence-corrected chi connectivity index (χ4v) is 5.08. The van der Waals surface area contributed by atoms with Crippen molar-refractivity contribution in [2.45, 2.75) is 0 Å². The zero-order valence-corrected chi connectivity index (χ0v) is 22.9. The highest BCUT2D eigenvalue weighted by atomic mass is 16.5. The fourth-order valence-electron chi connectivity index (χ4n) is 5.08. The van der Waals surface area contributed by atoms with Crippen molar-refractivity contribution in [2.75, 3.05) is 7.11 Å². The molecule has 6 rings (SSSR count). The average molecular weight is 531 g/mol. The van der Waals surface area contributed by atoms with Crippen LogP contribution in [0.15, 0.2) is 152 Å². The molecule has 0 bridgehead atoms. The SMILES string of the molecule is COc1cc(/C(=C/c2ccccc2)c2ccccc2)c(-n2cccn2)c(/C(=C/c2ccccc2)c2ccccc2)c1. The molecule has 0 atom stereocenters. The van der Waals surface area contributed by atoms with Crippen LogP contribution in [-0.2, 0) is 0 Å². The van der Waals surface area contributed by atoms with Crippen LogP contribution in [0.2, 0.25) is 0 Å². The summed E-state index contributed by atoms with van der Waals surface area (Å²) in [6.45, 7) is 0. The summed E-state index contributed by atoms with van der Waals surface area (Å²) in [6, 6.07) is 48.1. The Balaban J connectivity index is 1.71. The number of nitrogens with zero attached hydrogens (tertiary/aromatic N) is 2. The van der Waals surface area contributed by atoms with Gasteiger partial charge in [0.2, 0.25) is 0 Å². The van der Waals surface area contributed by atoms with Gasteiger partial charge in [-0.05, 0) is 63.8 Å². The molecule has 0 unspecified atom stereocenters. The molecule has 0 N–H and O–H groups in total. The minimum atomic E-state index is 0.774. The van der Waals surface area contributed by atoms with Gasteiger partial charge in [0.1, 0.15) is 5.75 Å². The van der Waals surface area contributed by atoms with Gasteiger partial charge in [0.25, 0.3) is 0 Å². The van der Waals surface area contributed by atoms with Gasteiger partial charge in [0.05, 0.1) is 12.8 Å². The van der Waals surface area contributed by atoms with Crippen LogP contribution in [0.4, 0.5) is 0 Å². The van der Waals surface area contributed by atoms with Crippen molar-refractivity contribution in [1.82, 2.24) is 9.78 Å². The second-order valence-corrected chi connectivity index (χ2v) is 9.69. The normalized spacial score (nSPS) is 11.8. The van der Waals surface area contributed by atoms with E-state index in [9.17, 15) is 0 Å². The van der Waals surface area contributed by atoms with Gasteiger partial charge in [-0.1, -0.05) is 121 Å². The van der Waals surface area contributed by atoms with Crippen LogP contribution >= 0.6 is 0 Å². The molecule has 1 heterocycles. The van der Waals surface area contributed by atoms with E-state index in [0.717, 1.165) is 56.0 Å². The van der Waals surface area contributed by atoms with E-state index in [1.807, 2.05) is 47.4 Å². The largest absolute Gasteiger partial charge is 0.497 e. The maximum Gasteiger partial charge on any atom is 0.120 e. The van der Waals surface area contributed by atoms with Gasteiger partial charge >= 0.3 is 0 Å². The summed E-state index contributed by atoms with van der Waals surface area (Å²) in [5, 5.41) is 4.75. The van der Waals surface area contributed by atoms with E-state index in [-0.39, 0.29) is 0 Å². The number of methoxy groups -OCH3 is 1. The van der Waals surface area contributed by atoms with Crippen LogP contribution in [0.5, 0.6) is 5.75 Å². The molecule has 1 aromatic heterocycles. The first-order valence-corrected chi connectivity index (χ1v) is 13.7. The lowest BCUT2D eigenvalue weighted by molar-refractivity contribution is 0.414. The third kappa shape index (κ3) is 5.80. The van der Waals surface area contributed by atoms with Gasteiger partial charge in [-0.15, -0.1) is 0 Å². The number of hydrogen-bond donors (Lipinski definition) is 0. The van der Waals surface area contributed by atoms with Crippen LogP contribution in [0.3, 0.4) is 0 Å². The van der Waals surface area contributed by atoms with Crippen LogP contribution in [-0.4, -0.2) is 16.9 Å². The summed E-state index contributed by atoms with van der Waals surface area (Å²) in [5.41, 5.74) is 9.63. The lowest BCUT2D eigenvalue weighted by Crippen LogP contribution is -2.07. The summed E-state index contributed by atoms with van der Waals surface area (Å²) in [5.74, 6) is 0.774. The molecule has 0 amide bonds. The molecule has 3 heteroatoms. The summed E-state index contributed by atoms with van der Waals surface area (Å²) in [4.78, 5) is 0. The van der Waals surface area contributed by atoms with Crippen molar-refractivity contribution >= 4 is 23.3 Å². The highest BCUT2D eigenvalue weighted by molar-refractivity contribution is 6.00. The van der Waals surface area contributed by atoms with E-state index in [4.69, 9.17) is 9.84 Å². The van der Waals surface area contributed by atoms with E-state index in [1.54, 1.807) is 7.11 Å². The van der Waals surface area contributed by atoms with Crippen LogP contribution in [0, 0.1) is 0 Å². The monoisotopic (exact) mass is 530 g/mol. The van der Waals surface area contributed by atoms with Crippen molar-refractivity contribution < 1.29 is 4.74 Å². The number of rotatable bonds is 8. The topological polar surface area (TPSA) is 27.1 Å². The maximum atomic E-state index is 5.96. The third-order valence-corrected chi connectivity index (χ3v) is 7.02.